The molecule has 3 rings (SSSR count). The van der Waals surface area contributed by atoms with Crippen LogP contribution in [0, 0.1) is 20.8 Å². The third-order valence-electron chi connectivity index (χ3n) is 3.73. The van der Waals surface area contributed by atoms with E-state index in [-0.39, 0.29) is 5.97 Å². The molecule has 0 aliphatic carbocycles. The predicted molar refractivity (Wildman–Crippen MR) is 89.9 cm³/mol. The normalized spacial score (nSPS) is 12.5. The highest BCUT2D eigenvalue weighted by Crippen LogP contribution is 2.35. The number of thiophene rings is 1. The van der Waals surface area contributed by atoms with Crippen molar-refractivity contribution < 1.29 is 9.53 Å². The second-order valence-electron chi connectivity index (χ2n) is 5.09. The summed E-state index contributed by atoms with van der Waals surface area (Å²) in [6.07, 6.45) is 0. The van der Waals surface area contributed by atoms with Crippen molar-refractivity contribution in [2.24, 2.45) is 0 Å². The summed E-state index contributed by atoms with van der Waals surface area (Å²) in [5.74, 6) is 0.228. The van der Waals surface area contributed by atoms with Crippen molar-refractivity contribution in [2.75, 3.05) is 7.11 Å². The number of rotatable bonds is 4. The van der Waals surface area contributed by atoms with E-state index >= 15 is 0 Å². The Morgan fingerprint density at radius 1 is 1.35 bits per heavy atom. The predicted octanol–water partition coefficient (Wildman–Crippen LogP) is 3.12. The van der Waals surface area contributed by atoms with Crippen LogP contribution in [0.2, 0.25) is 0 Å². The Morgan fingerprint density at radius 2 is 2.13 bits per heavy atom. The summed E-state index contributed by atoms with van der Waals surface area (Å²) in [5, 5.41) is 8.37. The van der Waals surface area contributed by atoms with Crippen molar-refractivity contribution in [2.45, 2.75) is 31.2 Å². The molecule has 0 amide bonds. The number of hydrogen-bond donors (Lipinski definition) is 0. The lowest BCUT2D eigenvalue weighted by Crippen LogP contribution is -2.10. The Hall–Kier alpha value is -1.93. The molecule has 3 aromatic rings. The van der Waals surface area contributed by atoms with E-state index in [4.69, 9.17) is 4.74 Å². The molecule has 3 heterocycles. The highest BCUT2D eigenvalue weighted by molar-refractivity contribution is 8.00. The van der Waals surface area contributed by atoms with Crippen molar-refractivity contribution in [3.8, 4) is 0 Å². The molecule has 23 heavy (non-hydrogen) atoms. The van der Waals surface area contributed by atoms with Crippen LogP contribution in [0.25, 0.3) is 5.78 Å². The average molecular weight is 348 g/mol. The van der Waals surface area contributed by atoms with Gasteiger partial charge in [0.15, 0.2) is 0 Å². The second kappa shape index (κ2) is 6.29. The van der Waals surface area contributed by atoms with E-state index in [1.165, 1.54) is 30.2 Å². The number of fused-ring (bicyclic) bond motifs is 1. The molecule has 0 saturated heterocycles. The van der Waals surface area contributed by atoms with Crippen LogP contribution in [-0.4, -0.2) is 32.7 Å². The number of thioether (sulfide) groups is 1. The van der Waals surface area contributed by atoms with Crippen molar-refractivity contribution in [3.05, 3.63) is 39.3 Å². The Balaban J connectivity index is 1.99. The monoisotopic (exact) mass is 348 g/mol. The number of aryl methyl sites for hydroxylation is 2. The summed E-state index contributed by atoms with van der Waals surface area (Å²) in [6, 6.07) is 1.91. The zero-order valence-electron chi connectivity index (χ0n) is 13.2. The van der Waals surface area contributed by atoms with Crippen molar-refractivity contribution in [1.82, 2.24) is 19.6 Å². The zero-order valence-corrected chi connectivity index (χ0v) is 14.9. The molecular weight excluding hydrogens is 332 g/mol. The first-order valence-corrected chi connectivity index (χ1v) is 8.80. The third-order valence-corrected chi connectivity index (χ3v) is 5.51. The molecule has 0 aliphatic heterocycles. The Labute approximate surface area is 141 Å². The van der Waals surface area contributed by atoms with Gasteiger partial charge in [0.25, 0.3) is 5.78 Å². The van der Waals surface area contributed by atoms with Gasteiger partial charge < -0.3 is 4.74 Å². The maximum absolute atomic E-state index is 12.1. The highest BCUT2D eigenvalue weighted by atomic mass is 32.2. The molecule has 0 saturated carbocycles. The summed E-state index contributed by atoms with van der Waals surface area (Å²) in [4.78, 5) is 21.0. The lowest BCUT2D eigenvalue weighted by Gasteiger charge is -2.10. The fourth-order valence-electron chi connectivity index (χ4n) is 2.18. The summed E-state index contributed by atoms with van der Waals surface area (Å²) in [6.45, 7) is 5.94. The van der Waals surface area contributed by atoms with Gasteiger partial charge in [-0.25, -0.2) is 9.50 Å². The SMILES string of the molecule is COC(=O)C(Sc1nc2nc(C)c(C)c(C)n2n1)c1ccsc1. The van der Waals surface area contributed by atoms with Gasteiger partial charge in [0, 0.05) is 11.4 Å². The molecule has 3 aromatic heterocycles. The fourth-order valence-corrected chi connectivity index (χ4v) is 3.90. The topological polar surface area (TPSA) is 69.4 Å². The van der Waals surface area contributed by atoms with E-state index in [0.29, 0.717) is 10.9 Å². The number of esters is 1. The Kier molecular flexibility index (Phi) is 4.36. The Bertz CT molecular complexity index is 858. The van der Waals surface area contributed by atoms with E-state index in [9.17, 15) is 4.79 Å². The van der Waals surface area contributed by atoms with Crippen LogP contribution in [0.4, 0.5) is 0 Å². The van der Waals surface area contributed by atoms with Crippen LogP contribution in [0.1, 0.15) is 27.8 Å². The molecule has 0 radical (unpaired) electrons. The van der Waals surface area contributed by atoms with Crippen LogP contribution < -0.4 is 0 Å². The standard InChI is InChI=1S/C15H16N4O2S2/c1-8-9(2)16-14-17-15(18-19(14)10(8)3)23-12(13(20)21-4)11-5-6-22-7-11/h5-7,12H,1-4H3. The molecule has 0 aliphatic rings. The van der Waals surface area contributed by atoms with Crippen molar-refractivity contribution >= 4 is 34.8 Å². The van der Waals surface area contributed by atoms with Crippen molar-refractivity contribution in [3.63, 3.8) is 0 Å². The molecule has 120 valence electrons. The molecule has 0 N–H and O–H groups in total. The van der Waals surface area contributed by atoms with E-state index in [0.717, 1.165) is 22.5 Å². The van der Waals surface area contributed by atoms with Gasteiger partial charge in [0.1, 0.15) is 5.25 Å². The van der Waals surface area contributed by atoms with Crippen LogP contribution in [0.3, 0.4) is 0 Å². The molecule has 6 nitrogen and oxygen atoms in total. The molecule has 1 atom stereocenters. The van der Waals surface area contributed by atoms with E-state index in [2.05, 4.69) is 15.1 Å². The molecule has 8 heteroatoms. The van der Waals surface area contributed by atoms with Gasteiger partial charge in [-0.15, -0.1) is 5.10 Å². The first-order chi connectivity index (χ1) is 11.0. The second-order valence-corrected chi connectivity index (χ2v) is 6.94. The molecule has 0 aromatic carbocycles. The van der Waals surface area contributed by atoms with Gasteiger partial charge in [-0.2, -0.15) is 16.3 Å². The summed E-state index contributed by atoms with van der Waals surface area (Å²) >= 11 is 2.81. The molecular formula is C15H16N4O2S2. The van der Waals surface area contributed by atoms with Gasteiger partial charge in [0.2, 0.25) is 5.16 Å². The van der Waals surface area contributed by atoms with Gasteiger partial charge in [-0.05, 0) is 48.7 Å². The molecule has 1 unspecified atom stereocenters. The molecule has 0 bridgehead atoms. The van der Waals surface area contributed by atoms with E-state index in [1.807, 2.05) is 37.6 Å². The van der Waals surface area contributed by atoms with Crippen LogP contribution in [0.5, 0.6) is 0 Å². The number of nitrogens with zero attached hydrogens (tertiary/aromatic N) is 4. The smallest absolute Gasteiger partial charge is 0.323 e. The lowest BCUT2D eigenvalue weighted by atomic mass is 10.2. The average Bonchev–Trinajstić information content (AvgIpc) is 3.19. The number of ether oxygens (including phenoxy) is 1. The van der Waals surface area contributed by atoms with E-state index < -0.39 is 5.25 Å². The van der Waals surface area contributed by atoms with Gasteiger partial charge >= 0.3 is 5.97 Å². The first kappa shape index (κ1) is 15.9. The minimum atomic E-state index is -0.480. The quantitative estimate of drug-likeness (QED) is 0.533. The number of hydrogen-bond acceptors (Lipinski definition) is 7. The minimum absolute atomic E-state index is 0.315. The molecule has 0 fully saturated rings. The number of carbonyl (C=O) groups excluding carboxylic acids is 1. The van der Waals surface area contributed by atoms with E-state index in [1.54, 1.807) is 4.52 Å². The van der Waals surface area contributed by atoms with Crippen LogP contribution >= 0.6 is 23.1 Å². The minimum Gasteiger partial charge on any atom is -0.468 e. The Morgan fingerprint density at radius 3 is 2.78 bits per heavy atom. The largest absolute Gasteiger partial charge is 0.468 e. The fraction of sp³-hybridized carbons (Fsp3) is 0.333. The highest BCUT2D eigenvalue weighted by Gasteiger charge is 2.25. The third kappa shape index (κ3) is 2.96. The number of aromatic nitrogens is 4. The number of methoxy groups -OCH3 is 1. The summed E-state index contributed by atoms with van der Waals surface area (Å²) in [5.41, 5.74) is 3.90. The summed E-state index contributed by atoms with van der Waals surface area (Å²) < 4.78 is 6.63. The number of carbonyl (C=O) groups is 1. The maximum atomic E-state index is 12.1. The zero-order chi connectivity index (χ0) is 16.6. The molecule has 0 spiro atoms. The van der Waals surface area contributed by atoms with Gasteiger partial charge in [0.05, 0.1) is 7.11 Å². The lowest BCUT2D eigenvalue weighted by molar-refractivity contribution is -0.140. The first-order valence-electron chi connectivity index (χ1n) is 6.98. The van der Waals surface area contributed by atoms with Gasteiger partial charge in [-0.3, -0.25) is 4.79 Å². The summed E-state index contributed by atoms with van der Waals surface area (Å²) in [7, 11) is 1.39. The maximum Gasteiger partial charge on any atom is 0.323 e. The van der Waals surface area contributed by atoms with Gasteiger partial charge in [-0.1, -0.05) is 11.8 Å². The van der Waals surface area contributed by atoms with Crippen LogP contribution in [-0.2, 0) is 9.53 Å². The van der Waals surface area contributed by atoms with Crippen molar-refractivity contribution in [1.29, 1.82) is 0 Å². The van der Waals surface area contributed by atoms with Crippen LogP contribution in [0.15, 0.2) is 22.0 Å².